The van der Waals surface area contributed by atoms with Crippen LogP contribution in [-0.2, 0) is 0 Å². The molecule has 6 heteroatoms. The molecule has 0 unspecified atom stereocenters. The van der Waals surface area contributed by atoms with Crippen molar-refractivity contribution >= 4 is 27.5 Å². The van der Waals surface area contributed by atoms with Gasteiger partial charge in [0.05, 0.1) is 7.11 Å². The van der Waals surface area contributed by atoms with Gasteiger partial charge in [0.25, 0.3) is 0 Å². The van der Waals surface area contributed by atoms with Gasteiger partial charge in [-0.05, 0) is 45.7 Å². The quantitative estimate of drug-likeness (QED) is 0.844. The van der Waals surface area contributed by atoms with Crippen molar-refractivity contribution in [1.29, 1.82) is 0 Å². The van der Waals surface area contributed by atoms with Crippen molar-refractivity contribution in [3.05, 3.63) is 33.7 Å². The lowest BCUT2D eigenvalue weighted by atomic mass is 10.1. The van der Waals surface area contributed by atoms with E-state index >= 15 is 0 Å². The van der Waals surface area contributed by atoms with Crippen molar-refractivity contribution in [1.82, 2.24) is 5.16 Å². The highest BCUT2D eigenvalue weighted by Gasteiger charge is 2.15. The Balaban J connectivity index is 2.49. The summed E-state index contributed by atoms with van der Waals surface area (Å²) < 4.78 is 23.5. The molecule has 0 bridgehead atoms. The summed E-state index contributed by atoms with van der Waals surface area (Å²) in [5, 5.41) is 3.85. The molecule has 0 aliphatic carbocycles. The lowest BCUT2D eigenvalue weighted by Crippen LogP contribution is -1.88. The van der Waals surface area contributed by atoms with Crippen molar-refractivity contribution in [2.24, 2.45) is 0 Å². The first-order valence-electron chi connectivity index (χ1n) is 4.28. The number of halogens is 3. The number of hydrogen-bond acceptors (Lipinski definition) is 3. The van der Waals surface area contributed by atoms with Crippen LogP contribution in [0, 0.1) is 5.82 Å². The molecule has 0 aliphatic rings. The molecule has 0 saturated heterocycles. The van der Waals surface area contributed by atoms with Crippen LogP contribution in [0.2, 0.25) is 5.22 Å². The molecule has 1 heterocycles. The van der Waals surface area contributed by atoms with Gasteiger partial charge in [-0.25, -0.2) is 4.39 Å². The lowest BCUT2D eigenvalue weighted by molar-refractivity contribution is 0.386. The molecule has 0 spiro atoms. The van der Waals surface area contributed by atoms with Gasteiger partial charge in [-0.15, -0.1) is 0 Å². The lowest BCUT2D eigenvalue weighted by Gasteiger charge is -2.02. The van der Waals surface area contributed by atoms with Gasteiger partial charge < -0.3 is 9.26 Å². The highest BCUT2D eigenvalue weighted by atomic mass is 79.9. The molecule has 0 aliphatic heterocycles. The Morgan fingerprint density at radius 3 is 2.75 bits per heavy atom. The fourth-order valence-electron chi connectivity index (χ4n) is 1.25. The van der Waals surface area contributed by atoms with E-state index < -0.39 is 5.82 Å². The van der Waals surface area contributed by atoms with E-state index in [1.165, 1.54) is 19.2 Å². The first kappa shape index (κ1) is 11.4. The molecule has 0 radical (unpaired) electrons. The van der Waals surface area contributed by atoms with Gasteiger partial charge in [0.15, 0.2) is 11.6 Å². The molecule has 0 fully saturated rings. The summed E-state index contributed by atoms with van der Waals surface area (Å²) in [7, 11) is 1.40. The molecule has 1 aromatic carbocycles. The fourth-order valence-corrected chi connectivity index (χ4v) is 1.75. The summed E-state index contributed by atoms with van der Waals surface area (Å²) in [4.78, 5) is 0. The van der Waals surface area contributed by atoms with Crippen LogP contribution in [0.1, 0.15) is 0 Å². The SMILES string of the molecule is COc1ccc(-c2noc(Cl)c2Br)cc1F. The van der Waals surface area contributed by atoms with E-state index in [0.29, 0.717) is 15.7 Å². The Morgan fingerprint density at radius 2 is 2.25 bits per heavy atom. The zero-order chi connectivity index (χ0) is 11.7. The molecule has 84 valence electrons. The average molecular weight is 307 g/mol. The van der Waals surface area contributed by atoms with Gasteiger partial charge in [-0.1, -0.05) is 5.16 Å². The molecule has 3 nitrogen and oxygen atoms in total. The van der Waals surface area contributed by atoms with Crippen LogP contribution >= 0.6 is 27.5 Å². The number of methoxy groups -OCH3 is 1. The van der Waals surface area contributed by atoms with E-state index in [-0.39, 0.29) is 11.0 Å². The minimum absolute atomic E-state index is 0.131. The van der Waals surface area contributed by atoms with E-state index in [9.17, 15) is 4.39 Å². The third kappa shape index (κ3) is 1.92. The second-order valence-electron chi connectivity index (χ2n) is 2.97. The molecule has 16 heavy (non-hydrogen) atoms. The molecule has 2 aromatic rings. The Labute approximate surface area is 104 Å². The Hall–Kier alpha value is -1.07. The van der Waals surface area contributed by atoms with Crippen LogP contribution in [0.15, 0.2) is 27.2 Å². The molecule has 0 amide bonds. The second kappa shape index (κ2) is 4.43. The number of ether oxygens (including phenoxy) is 1. The van der Waals surface area contributed by atoms with Gasteiger partial charge in [-0.2, -0.15) is 0 Å². The van der Waals surface area contributed by atoms with Crippen molar-refractivity contribution < 1.29 is 13.7 Å². The zero-order valence-corrected chi connectivity index (χ0v) is 10.5. The van der Waals surface area contributed by atoms with Gasteiger partial charge in [0.1, 0.15) is 10.2 Å². The fraction of sp³-hybridized carbons (Fsp3) is 0.100. The van der Waals surface area contributed by atoms with Gasteiger partial charge in [-0.3, -0.25) is 0 Å². The maximum Gasteiger partial charge on any atom is 0.240 e. The standard InChI is InChI=1S/C10H6BrClFNO2/c1-15-7-3-2-5(4-6(7)13)9-8(11)10(12)16-14-9/h2-4H,1H3. The number of nitrogens with zero attached hydrogens (tertiary/aromatic N) is 1. The summed E-state index contributed by atoms with van der Waals surface area (Å²) in [6.45, 7) is 0. The predicted octanol–water partition coefficient (Wildman–Crippen LogP) is 3.91. The number of rotatable bonds is 2. The van der Waals surface area contributed by atoms with Gasteiger partial charge in [0, 0.05) is 5.56 Å². The number of hydrogen-bond donors (Lipinski definition) is 0. The molecular weight excluding hydrogens is 300 g/mol. The molecular formula is C10H6BrClFNO2. The zero-order valence-electron chi connectivity index (χ0n) is 8.13. The van der Waals surface area contributed by atoms with E-state index in [0.717, 1.165) is 0 Å². The van der Waals surface area contributed by atoms with Crippen molar-refractivity contribution in [2.75, 3.05) is 7.11 Å². The first-order valence-corrected chi connectivity index (χ1v) is 5.45. The van der Waals surface area contributed by atoms with E-state index in [2.05, 4.69) is 21.1 Å². The van der Waals surface area contributed by atoms with Crippen LogP contribution < -0.4 is 4.74 Å². The minimum Gasteiger partial charge on any atom is -0.494 e. The highest BCUT2D eigenvalue weighted by molar-refractivity contribution is 9.10. The van der Waals surface area contributed by atoms with Crippen LogP contribution in [0.25, 0.3) is 11.3 Å². The first-order chi connectivity index (χ1) is 7.63. The predicted molar refractivity (Wildman–Crippen MR) is 61.2 cm³/mol. The summed E-state index contributed by atoms with van der Waals surface area (Å²) in [5.41, 5.74) is 1.01. The Bertz CT molecular complexity index is 530. The molecule has 1 aromatic heterocycles. The van der Waals surface area contributed by atoms with Gasteiger partial charge in [0.2, 0.25) is 5.22 Å². The van der Waals surface area contributed by atoms with Crippen LogP contribution in [0.3, 0.4) is 0 Å². The Morgan fingerprint density at radius 1 is 1.50 bits per heavy atom. The van der Waals surface area contributed by atoms with Crippen LogP contribution in [0.5, 0.6) is 5.75 Å². The average Bonchev–Trinajstić information content (AvgIpc) is 2.60. The van der Waals surface area contributed by atoms with Crippen molar-refractivity contribution in [3.8, 4) is 17.0 Å². The van der Waals surface area contributed by atoms with Crippen LogP contribution in [0.4, 0.5) is 4.39 Å². The summed E-state index contributed by atoms with van der Waals surface area (Å²) in [6, 6.07) is 4.48. The van der Waals surface area contributed by atoms with Crippen molar-refractivity contribution in [3.63, 3.8) is 0 Å². The largest absolute Gasteiger partial charge is 0.494 e. The van der Waals surface area contributed by atoms with Crippen LogP contribution in [-0.4, -0.2) is 12.3 Å². The minimum atomic E-state index is -0.467. The molecule has 0 saturated carbocycles. The maximum absolute atomic E-state index is 13.4. The number of benzene rings is 1. The number of aromatic nitrogens is 1. The summed E-state index contributed by atoms with van der Waals surface area (Å²) in [5.74, 6) is -0.291. The van der Waals surface area contributed by atoms with Crippen molar-refractivity contribution in [2.45, 2.75) is 0 Å². The maximum atomic E-state index is 13.4. The molecule has 0 atom stereocenters. The summed E-state index contributed by atoms with van der Waals surface area (Å²) >= 11 is 8.89. The third-order valence-corrected chi connectivity index (χ3v) is 3.24. The third-order valence-electron chi connectivity index (χ3n) is 2.02. The van der Waals surface area contributed by atoms with Gasteiger partial charge >= 0.3 is 0 Å². The second-order valence-corrected chi connectivity index (χ2v) is 4.10. The van der Waals surface area contributed by atoms with E-state index in [4.69, 9.17) is 20.9 Å². The van der Waals surface area contributed by atoms with E-state index in [1.54, 1.807) is 6.07 Å². The highest BCUT2D eigenvalue weighted by Crippen LogP contribution is 2.34. The normalized spacial score (nSPS) is 10.5. The summed E-state index contributed by atoms with van der Waals surface area (Å²) in [6.07, 6.45) is 0. The topological polar surface area (TPSA) is 35.3 Å². The van der Waals surface area contributed by atoms with E-state index in [1.807, 2.05) is 0 Å². The Kier molecular flexibility index (Phi) is 3.16. The molecule has 2 rings (SSSR count). The monoisotopic (exact) mass is 305 g/mol. The smallest absolute Gasteiger partial charge is 0.240 e. The molecule has 0 N–H and O–H groups in total.